The van der Waals surface area contributed by atoms with Crippen molar-refractivity contribution >= 4 is 17.7 Å². The summed E-state index contributed by atoms with van der Waals surface area (Å²) < 4.78 is 26.8. The van der Waals surface area contributed by atoms with E-state index >= 15 is 0 Å². The van der Waals surface area contributed by atoms with E-state index < -0.39 is 17.0 Å². The van der Waals surface area contributed by atoms with E-state index in [0.717, 1.165) is 55.4 Å². The fourth-order valence-corrected chi connectivity index (χ4v) is 6.09. The molecule has 1 saturated heterocycles. The maximum absolute atomic E-state index is 13.4. The van der Waals surface area contributed by atoms with E-state index in [2.05, 4.69) is 0 Å². The minimum Gasteiger partial charge on any atom is -0.369 e. The van der Waals surface area contributed by atoms with Gasteiger partial charge in [-0.1, -0.05) is 60.7 Å². The van der Waals surface area contributed by atoms with Crippen LogP contribution in [0.2, 0.25) is 0 Å². The smallest absolute Gasteiger partial charge is 0.233 e. The van der Waals surface area contributed by atoms with Crippen LogP contribution >= 0.6 is 11.8 Å². The highest BCUT2D eigenvalue weighted by Crippen LogP contribution is 2.41. The minimum absolute atomic E-state index is 0.0970. The number of halogens is 2. The van der Waals surface area contributed by atoms with Gasteiger partial charge in [-0.25, -0.2) is 8.78 Å². The van der Waals surface area contributed by atoms with Crippen molar-refractivity contribution in [3.05, 3.63) is 102 Å². The third-order valence-electron chi connectivity index (χ3n) is 6.62. The molecule has 6 heteroatoms. The van der Waals surface area contributed by atoms with Gasteiger partial charge in [0.2, 0.25) is 5.91 Å². The van der Waals surface area contributed by atoms with Gasteiger partial charge in [-0.3, -0.25) is 4.79 Å². The molecule has 3 N–H and O–H groups in total. The van der Waals surface area contributed by atoms with Gasteiger partial charge in [0.1, 0.15) is 17.0 Å². The first-order valence-corrected chi connectivity index (χ1v) is 12.3. The highest BCUT2D eigenvalue weighted by atomic mass is 32.2. The van der Waals surface area contributed by atoms with Crippen molar-refractivity contribution < 1.29 is 18.5 Å². The molecule has 0 saturated carbocycles. The van der Waals surface area contributed by atoms with Gasteiger partial charge in [0, 0.05) is 35.5 Å². The largest absolute Gasteiger partial charge is 0.369 e. The molecule has 4 rings (SSSR count). The second-order valence-electron chi connectivity index (χ2n) is 8.65. The number of hydrogen-bond donors (Lipinski definition) is 2. The summed E-state index contributed by atoms with van der Waals surface area (Å²) in [7, 11) is 0. The number of thioether (sulfide) groups is 1. The molecule has 33 heavy (non-hydrogen) atoms. The lowest BCUT2D eigenvalue weighted by atomic mass is 9.64. The maximum Gasteiger partial charge on any atom is 0.233 e. The molecule has 1 aliphatic heterocycles. The fraction of sp³-hybridized carbons (Fsp3) is 0.296. The molecule has 3 aromatic rings. The van der Waals surface area contributed by atoms with Crippen molar-refractivity contribution in [3.8, 4) is 0 Å². The number of carbonyl (C=O) groups excluding carboxylic acids is 1. The van der Waals surface area contributed by atoms with Gasteiger partial charge in [-0.15, -0.1) is 11.8 Å². The number of carbonyl (C=O) groups is 1. The number of benzene rings is 3. The minimum atomic E-state index is -0.863. The zero-order chi connectivity index (χ0) is 23.3. The van der Waals surface area contributed by atoms with Gasteiger partial charge in [0.05, 0.1) is 19.6 Å². The first kappa shape index (κ1) is 23.5. The second-order valence-corrected chi connectivity index (χ2v) is 9.82. The summed E-state index contributed by atoms with van der Waals surface area (Å²) in [5.41, 5.74) is 7.18. The van der Waals surface area contributed by atoms with Crippen LogP contribution in [-0.2, 0) is 10.2 Å². The Bertz CT molecular complexity index is 1020. The Balaban J connectivity index is 1.46. The predicted molar refractivity (Wildman–Crippen MR) is 128 cm³/mol. The summed E-state index contributed by atoms with van der Waals surface area (Å²) in [6.07, 6.45) is 1.83. The Hall–Kier alpha value is -2.70. The van der Waals surface area contributed by atoms with Gasteiger partial charge in [0.15, 0.2) is 0 Å². The molecule has 0 bridgehead atoms. The zero-order valence-electron chi connectivity index (χ0n) is 18.5. The van der Waals surface area contributed by atoms with Crippen molar-refractivity contribution in [1.29, 1.82) is 0 Å². The van der Waals surface area contributed by atoms with Crippen LogP contribution in [0.25, 0.3) is 0 Å². The molecule has 0 spiro atoms. The highest BCUT2D eigenvalue weighted by molar-refractivity contribution is 7.99. The first-order chi connectivity index (χ1) is 16.0. The molecular weight excluding hydrogens is 438 g/mol. The Labute approximate surface area is 198 Å². The van der Waals surface area contributed by atoms with E-state index in [9.17, 15) is 13.6 Å². The molecular formula is C27H29F2N2OS+. The predicted octanol–water partition coefficient (Wildman–Crippen LogP) is 3.82. The molecule has 2 atom stereocenters. The van der Waals surface area contributed by atoms with Crippen LogP contribution in [0.15, 0.2) is 83.8 Å². The molecule has 3 nitrogen and oxygen atoms in total. The number of quaternary nitrogens is 1. The normalized spacial score (nSPS) is 18.4. The Kier molecular flexibility index (Phi) is 7.46. The van der Waals surface area contributed by atoms with E-state index in [1.165, 1.54) is 28.8 Å². The molecule has 3 aromatic carbocycles. The average molecular weight is 468 g/mol. The van der Waals surface area contributed by atoms with Crippen LogP contribution in [0.3, 0.4) is 0 Å². The summed E-state index contributed by atoms with van der Waals surface area (Å²) in [4.78, 5) is 15.2. The van der Waals surface area contributed by atoms with Crippen LogP contribution in [0, 0.1) is 17.6 Å². The lowest BCUT2D eigenvalue weighted by molar-refractivity contribution is -0.889. The summed E-state index contributed by atoms with van der Waals surface area (Å²) in [5, 5.41) is 0. The Morgan fingerprint density at radius 2 is 1.55 bits per heavy atom. The standard InChI is InChI=1S/C27H28F2N2OS/c28-23-16-24(29)18-25(17-23)33-15-7-13-31-14-12-22(19-31)27(26(30)32,20-8-3-1-4-9-20)21-10-5-2-6-11-21/h1-6,8-11,16-18,22H,7,12-15,19H2,(H2,30,32)/p+1. The van der Waals surface area contributed by atoms with Crippen molar-refractivity contribution in [2.24, 2.45) is 11.7 Å². The van der Waals surface area contributed by atoms with Crippen molar-refractivity contribution in [1.82, 2.24) is 0 Å². The summed E-state index contributed by atoms with van der Waals surface area (Å²) in [5.74, 6) is -0.519. The van der Waals surface area contributed by atoms with Gasteiger partial charge in [-0.2, -0.15) is 0 Å². The van der Waals surface area contributed by atoms with E-state index in [1.54, 1.807) is 0 Å². The fourth-order valence-electron chi connectivity index (χ4n) is 5.18. The summed E-state index contributed by atoms with van der Waals surface area (Å²) in [6.45, 7) is 2.77. The topological polar surface area (TPSA) is 47.5 Å². The van der Waals surface area contributed by atoms with Crippen molar-refractivity contribution in [3.63, 3.8) is 0 Å². The summed E-state index contributed by atoms with van der Waals surface area (Å²) >= 11 is 1.47. The maximum atomic E-state index is 13.4. The third-order valence-corrected chi connectivity index (χ3v) is 7.68. The van der Waals surface area contributed by atoms with Gasteiger partial charge >= 0.3 is 0 Å². The van der Waals surface area contributed by atoms with Crippen molar-refractivity contribution in [2.75, 3.05) is 25.4 Å². The summed E-state index contributed by atoms with van der Waals surface area (Å²) in [6, 6.07) is 23.4. The van der Waals surface area contributed by atoms with Gasteiger partial charge in [0.25, 0.3) is 0 Å². The van der Waals surface area contributed by atoms with Crippen LogP contribution in [0.4, 0.5) is 8.78 Å². The number of primary amides is 1. The SMILES string of the molecule is NC(=O)C(c1ccccc1)(c1ccccc1)C1CC[NH+](CCCSc2cc(F)cc(F)c2)C1. The zero-order valence-corrected chi connectivity index (χ0v) is 19.3. The molecule has 1 amide bonds. The molecule has 0 aliphatic carbocycles. The number of nitrogens with one attached hydrogen (secondary N) is 1. The molecule has 1 fully saturated rings. The highest BCUT2D eigenvalue weighted by Gasteiger charge is 2.51. The second kappa shape index (κ2) is 10.5. The van der Waals surface area contributed by atoms with Crippen molar-refractivity contribution in [2.45, 2.75) is 23.2 Å². The Morgan fingerprint density at radius 1 is 0.970 bits per heavy atom. The lowest BCUT2D eigenvalue weighted by Crippen LogP contribution is -3.10. The number of hydrogen-bond acceptors (Lipinski definition) is 2. The lowest BCUT2D eigenvalue weighted by Gasteiger charge is -2.36. The number of nitrogens with two attached hydrogens (primary N) is 1. The van der Waals surface area contributed by atoms with Crippen LogP contribution < -0.4 is 10.6 Å². The van der Waals surface area contributed by atoms with Gasteiger partial charge < -0.3 is 10.6 Å². The average Bonchev–Trinajstić information content (AvgIpc) is 3.27. The number of amides is 1. The molecule has 0 aromatic heterocycles. The monoisotopic (exact) mass is 467 g/mol. The van der Waals surface area contributed by atoms with E-state index in [-0.39, 0.29) is 11.8 Å². The van der Waals surface area contributed by atoms with Crippen LogP contribution in [0.5, 0.6) is 0 Å². The first-order valence-electron chi connectivity index (χ1n) is 11.3. The molecule has 0 radical (unpaired) electrons. The number of rotatable bonds is 9. The quantitative estimate of drug-likeness (QED) is 0.371. The van der Waals surface area contributed by atoms with E-state index in [4.69, 9.17) is 5.73 Å². The number of likely N-dealkylation sites (tertiary alicyclic amines) is 1. The molecule has 1 aliphatic rings. The van der Waals surface area contributed by atoms with Crippen LogP contribution in [-0.4, -0.2) is 31.3 Å². The van der Waals surface area contributed by atoms with Gasteiger partial charge in [-0.05, 0) is 23.3 Å². The molecule has 172 valence electrons. The van der Waals surface area contributed by atoms with E-state index in [0.29, 0.717) is 4.90 Å². The Morgan fingerprint density at radius 3 is 2.09 bits per heavy atom. The molecule has 2 unspecified atom stereocenters. The van der Waals surface area contributed by atoms with E-state index in [1.807, 2.05) is 60.7 Å². The third kappa shape index (κ3) is 5.12. The molecule has 1 heterocycles. The van der Waals surface area contributed by atoms with Crippen LogP contribution in [0.1, 0.15) is 24.0 Å².